The number of ether oxygens (including phenoxy) is 1. The van der Waals surface area contributed by atoms with Crippen molar-refractivity contribution in [3.63, 3.8) is 0 Å². The smallest absolute Gasteiger partial charge is 0.482 e. The van der Waals surface area contributed by atoms with Gasteiger partial charge < -0.3 is 14.8 Å². The second-order valence-corrected chi connectivity index (χ2v) is 1.77. The third-order valence-corrected chi connectivity index (χ3v) is 1.05. The monoisotopic (exact) mass is 171 g/mol. The Morgan fingerprint density at radius 2 is 1.67 bits per heavy atom. The molecule has 5 heteroatoms. The first-order valence-corrected chi connectivity index (χ1v) is 3.14. The molecule has 0 saturated heterocycles. The van der Waals surface area contributed by atoms with Crippen LogP contribution in [-0.4, -0.2) is 24.8 Å². The summed E-state index contributed by atoms with van der Waals surface area (Å²) in [5.41, 5.74) is 0. The molecule has 0 aliphatic heterocycles. The summed E-state index contributed by atoms with van der Waals surface area (Å²) in [5, 5.41) is 14.0. The summed E-state index contributed by atoms with van der Waals surface area (Å²) in [5.74, 6) is 0.437. The van der Waals surface area contributed by atoms with Crippen molar-refractivity contribution in [2.24, 2.45) is 0 Å². The molecule has 1 aromatic carbocycles. The van der Waals surface area contributed by atoms with Crippen molar-refractivity contribution in [3.05, 3.63) is 30.1 Å². The first-order valence-electron chi connectivity index (χ1n) is 3.14. The predicted octanol–water partition coefficient (Wildman–Crippen LogP) is 0.339. The Morgan fingerprint density at radius 1 is 1.25 bits per heavy atom. The van der Waals surface area contributed by atoms with E-state index in [0.29, 0.717) is 5.75 Å². The van der Waals surface area contributed by atoms with E-state index in [1.165, 1.54) is 12.1 Å². The standard InChI is InChI=1S/C7H7FO.BH2O2/c1-9-7-4-2-6(8)3-5-7;2-1-3/h2-5H,1H3;2-3H. The van der Waals surface area contributed by atoms with Crippen molar-refractivity contribution in [1.29, 1.82) is 0 Å². The van der Waals surface area contributed by atoms with Gasteiger partial charge in [0.2, 0.25) is 0 Å². The Kier molecular flexibility index (Phi) is 6.04. The molecule has 1 aromatic rings. The molecule has 0 heterocycles. The number of methoxy groups -OCH3 is 1. The van der Waals surface area contributed by atoms with E-state index in [4.69, 9.17) is 14.8 Å². The van der Waals surface area contributed by atoms with E-state index in [9.17, 15) is 4.39 Å². The molecule has 0 amide bonds. The minimum atomic E-state index is -0.240. The number of rotatable bonds is 1. The Bertz CT molecular complexity index is 202. The lowest BCUT2D eigenvalue weighted by Crippen LogP contribution is -1.80. The van der Waals surface area contributed by atoms with Crippen molar-refractivity contribution >= 4 is 7.69 Å². The molecule has 0 bridgehead atoms. The predicted molar refractivity (Wildman–Crippen MR) is 43.1 cm³/mol. The Balaban J connectivity index is 0.000000354. The summed E-state index contributed by atoms with van der Waals surface area (Å²) < 4.78 is 17.0. The van der Waals surface area contributed by atoms with Gasteiger partial charge in [-0.05, 0) is 24.3 Å². The molecule has 3 nitrogen and oxygen atoms in total. The van der Waals surface area contributed by atoms with Crippen LogP contribution in [0.25, 0.3) is 0 Å². The maximum absolute atomic E-state index is 12.2. The van der Waals surface area contributed by atoms with Gasteiger partial charge in [0.25, 0.3) is 0 Å². The number of benzene rings is 1. The maximum Gasteiger partial charge on any atom is 0.482 e. The van der Waals surface area contributed by atoms with Gasteiger partial charge in [0.05, 0.1) is 7.11 Å². The molecular weight excluding hydrogens is 162 g/mol. The molecule has 0 spiro atoms. The molecule has 0 aliphatic rings. The highest BCUT2D eigenvalue weighted by Crippen LogP contribution is 2.08. The summed E-state index contributed by atoms with van der Waals surface area (Å²) in [4.78, 5) is 0. The van der Waals surface area contributed by atoms with Crippen LogP contribution in [0.2, 0.25) is 0 Å². The minimum absolute atomic E-state index is 0. The van der Waals surface area contributed by atoms with Crippen LogP contribution in [0.5, 0.6) is 5.75 Å². The molecule has 0 aromatic heterocycles. The van der Waals surface area contributed by atoms with Crippen LogP contribution >= 0.6 is 0 Å². The lowest BCUT2D eigenvalue weighted by molar-refractivity contribution is 0.413. The fourth-order valence-corrected chi connectivity index (χ4v) is 0.571. The SMILES string of the molecule is COc1ccc(F)cc1.O[B]O. The van der Waals surface area contributed by atoms with Crippen LogP contribution in [0.4, 0.5) is 4.39 Å². The topological polar surface area (TPSA) is 49.7 Å². The van der Waals surface area contributed by atoms with Gasteiger partial charge in [-0.2, -0.15) is 0 Å². The largest absolute Gasteiger partial charge is 0.497 e. The first-order chi connectivity index (χ1) is 5.74. The van der Waals surface area contributed by atoms with Crippen molar-refractivity contribution in [1.82, 2.24) is 0 Å². The van der Waals surface area contributed by atoms with Gasteiger partial charge in [-0.15, -0.1) is 0 Å². The van der Waals surface area contributed by atoms with Gasteiger partial charge in [0.15, 0.2) is 0 Å². The molecule has 65 valence electrons. The summed E-state index contributed by atoms with van der Waals surface area (Å²) >= 11 is 0. The zero-order chi connectivity index (χ0) is 9.40. The average molecular weight is 171 g/mol. The Labute approximate surface area is 70.7 Å². The van der Waals surface area contributed by atoms with Crippen LogP contribution in [-0.2, 0) is 0 Å². The second-order valence-electron chi connectivity index (χ2n) is 1.77. The van der Waals surface area contributed by atoms with Crippen molar-refractivity contribution < 1.29 is 19.2 Å². The van der Waals surface area contributed by atoms with E-state index in [-0.39, 0.29) is 13.5 Å². The van der Waals surface area contributed by atoms with E-state index < -0.39 is 0 Å². The number of hydrogen-bond donors (Lipinski definition) is 2. The first kappa shape index (κ1) is 10.9. The normalized spacial score (nSPS) is 8.00. The second kappa shape index (κ2) is 6.63. The zero-order valence-electron chi connectivity index (χ0n) is 6.57. The third kappa shape index (κ3) is 4.70. The molecule has 0 unspecified atom stereocenters. The summed E-state index contributed by atoms with van der Waals surface area (Å²) in [7, 11) is 1.55. The fourth-order valence-electron chi connectivity index (χ4n) is 0.571. The lowest BCUT2D eigenvalue weighted by atomic mass is 10.3. The highest BCUT2D eigenvalue weighted by Gasteiger charge is 1.88. The fraction of sp³-hybridized carbons (Fsp3) is 0.143. The van der Waals surface area contributed by atoms with Crippen LogP contribution in [0.15, 0.2) is 24.3 Å². The quantitative estimate of drug-likeness (QED) is 0.599. The lowest BCUT2D eigenvalue weighted by Gasteiger charge is -1.95. The maximum atomic E-state index is 12.2. The molecule has 12 heavy (non-hydrogen) atoms. The molecule has 2 N–H and O–H groups in total. The van der Waals surface area contributed by atoms with Gasteiger partial charge >= 0.3 is 7.69 Å². The zero-order valence-corrected chi connectivity index (χ0v) is 6.57. The van der Waals surface area contributed by atoms with E-state index in [1.807, 2.05) is 0 Å². The summed E-state index contributed by atoms with van der Waals surface area (Å²) in [6.07, 6.45) is 0. The van der Waals surface area contributed by atoms with E-state index in [0.717, 1.165) is 0 Å². The minimum Gasteiger partial charge on any atom is -0.497 e. The molecule has 1 radical (unpaired) electrons. The highest BCUT2D eigenvalue weighted by atomic mass is 19.1. The average Bonchev–Trinajstić information content (AvgIpc) is 2.07. The van der Waals surface area contributed by atoms with Crippen molar-refractivity contribution in [2.75, 3.05) is 7.11 Å². The highest BCUT2D eigenvalue weighted by molar-refractivity contribution is 6.13. The van der Waals surface area contributed by atoms with Gasteiger partial charge in [0.1, 0.15) is 11.6 Å². The molecule has 0 fully saturated rings. The summed E-state index contributed by atoms with van der Waals surface area (Å²) in [6.45, 7) is 0. The van der Waals surface area contributed by atoms with Crippen LogP contribution in [0.1, 0.15) is 0 Å². The molecule has 0 saturated carbocycles. The van der Waals surface area contributed by atoms with Gasteiger partial charge in [-0.3, -0.25) is 0 Å². The third-order valence-electron chi connectivity index (χ3n) is 1.05. The van der Waals surface area contributed by atoms with E-state index in [2.05, 4.69) is 0 Å². The summed E-state index contributed by atoms with van der Waals surface area (Å²) in [6, 6.07) is 5.88. The van der Waals surface area contributed by atoms with Crippen LogP contribution in [0, 0.1) is 5.82 Å². The van der Waals surface area contributed by atoms with Crippen molar-refractivity contribution in [3.8, 4) is 5.75 Å². The van der Waals surface area contributed by atoms with Crippen molar-refractivity contribution in [2.45, 2.75) is 0 Å². The molecular formula is C7H9BFO3. The Morgan fingerprint density at radius 3 is 2.00 bits per heavy atom. The van der Waals surface area contributed by atoms with Gasteiger partial charge in [0, 0.05) is 0 Å². The van der Waals surface area contributed by atoms with Crippen LogP contribution in [0.3, 0.4) is 0 Å². The molecule has 0 atom stereocenters. The molecule has 0 aliphatic carbocycles. The van der Waals surface area contributed by atoms with E-state index >= 15 is 0 Å². The Hall–Kier alpha value is -1.07. The molecule has 1 rings (SSSR count). The van der Waals surface area contributed by atoms with Crippen LogP contribution < -0.4 is 4.74 Å². The number of halogens is 1. The van der Waals surface area contributed by atoms with E-state index in [1.54, 1.807) is 19.2 Å². The number of hydrogen-bond acceptors (Lipinski definition) is 3. The van der Waals surface area contributed by atoms with Gasteiger partial charge in [-0.1, -0.05) is 0 Å². The van der Waals surface area contributed by atoms with Gasteiger partial charge in [-0.25, -0.2) is 4.39 Å².